The summed E-state index contributed by atoms with van der Waals surface area (Å²) in [7, 11) is 0. The van der Waals surface area contributed by atoms with Gasteiger partial charge in [0, 0.05) is 37.1 Å². The fraction of sp³-hybridized carbons (Fsp3) is 0.500. The van der Waals surface area contributed by atoms with Crippen LogP contribution in [0.3, 0.4) is 0 Å². The minimum absolute atomic E-state index is 0.862. The molecule has 1 fully saturated rings. The van der Waals surface area contributed by atoms with E-state index in [0.717, 1.165) is 49.9 Å². The molecular formula is C20H26N4. The lowest BCUT2D eigenvalue weighted by atomic mass is 10.0. The van der Waals surface area contributed by atoms with Crippen molar-refractivity contribution in [1.29, 1.82) is 0 Å². The molecule has 0 saturated carbocycles. The number of benzene rings is 1. The monoisotopic (exact) mass is 322 g/mol. The third kappa shape index (κ3) is 3.10. The van der Waals surface area contributed by atoms with Crippen molar-refractivity contribution in [2.24, 2.45) is 0 Å². The molecule has 0 spiro atoms. The molecule has 3 heterocycles. The van der Waals surface area contributed by atoms with E-state index in [1.54, 1.807) is 0 Å². The zero-order valence-corrected chi connectivity index (χ0v) is 14.5. The van der Waals surface area contributed by atoms with E-state index in [2.05, 4.69) is 47.1 Å². The molecule has 0 aliphatic carbocycles. The van der Waals surface area contributed by atoms with Crippen molar-refractivity contribution in [3.8, 4) is 0 Å². The van der Waals surface area contributed by atoms with Crippen LogP contribution >= 0.6 is 0 Å². The van der Waals surface area contributed by atoms with E-state index in [0.29, 0.717) is 0 Å². The Morgan fingerprint density at radius 1 is 0.875 bits per heavy atom. The SMILES string of the molecule is Cc1cc(N2CCCCCC2)nc(N2CCCc3ccccc32)n1. The molecule has 0 unspecified atom stereocenters. The summed E-state index contributed by atoms with van der Waals surface area (Å²) in [6.45, 7) is 5.32. The van der Waals surface area contributed by atoms with Crippen LogP contribution in [0, 0.1) is 6.92 Å². The Balaban J connectivity index is 1.69. The highest BCUT2D eigenvalue weighted by Gasteiger charge is 2.21. The van der Waals surface area contributed by atoms with Crippen LogP contribution in [-0.4, -0.2) is 29.6 Å². The van der Waals surface area contributed by atoms with E-state index in [4.69, 9.17) is 9.97 Å². The lowest BCUT2D eigenvalue weighted by molar-refractivity contribution is 0.726. The minimum atomic E-state index is 0.862. The van der Waals surface area contributed by atoms with Crippen molar-refractivity contribution < 1.29 is 0 Å². The molecule has 4 nitrogen and oxygen atoms in total. The first-order valence-corrected chi connectivity index (χ1v) is 9.27. The van der Waals surface area contributed by atoms with Gasteiger partial charge in [-0.2, -0.15) is 4.98 Å². The topological polar surface area (TPSA) is 32.3 Å². The first-order valence-electron chi connectivity index (χ1n) is 9.27. The fourth-order valence-electron chi connectivity index (χ4n) is 3.86. The van der Waals surface area contributed by atoms with Gasteiger partial charge in [-0.25, -0.2) is 4.98 Å². The highest BCUT2D eigenvalue weighted by Crippen LogP contribution is 2.32. The normalized spacial score (nSPS) is 18.2. The average molecular weight is 322 g/mol. The minimum Gasteiger partial charge on any atom is -0.356 e. The highest BCUT2D eigenvalue weighted by atomic mass is 15.3. The van der Waals surface area contributed by atoms with E-state index in [1.807, 2.05) is 0 Å². The Kier molecular flexibility index (Phi) is 4.37. The highest BCUT2D eigenvalue weighted by molar-refractivity contribution is 5.64. The number of fused-ring (bicyclic) bond motifs is 1. The molecule has 2 aliphatic rings. The summed E-state index contributed by atoms with van der Waals surface area (Å²) in [4.78, 5) is 14.5. The van der Waals surface area contributed by atoms with Crippen LogP contribution in [0.15, 0.2) is 30.3 Å². The number of hydrogen-bond donors (Lipinski definition) is 0. The van der Waals surface area contributed by atoms with E-state index < -0.39 is 0 Å². The van der Waals surface area contributed by atoms with E-state index in [-0.39, 0.29) is 0 Å². The number of anilines is 3. The van der Waals surface area contributed by atoms with Gasteiger partial charge in [0.1, 0.15) is 5.82 Å². The maximum atomic E-state index is 4.96. The van der Waals surface area contributed by atoms with Crippen LogP contribution in [0.25, 0.3) is 0 Å². The Bertz CT molecular complexity index is 705. The van der Waals surface area contributed by atoms with Crippen molar-refractivity contribution in [1.82, 2.24) is 9.97 Å². The maximum absolute atomic E-state index is 4.96. The molecule has 4 heteroatoms. The van der Waals surface area contributed by atoms with Crippen LogP contribution in [-0.2, 0) is 6.42 Å². The van der Waals surface area contributed by atoms with Gasteiger partial charge in [-0.05, 0) is 44.2 Å². The van der Waals surface area contributed by atoms with E-state index in [1.165, 1.54) is 36.9 Å². The van der Waals surface area contributed by atoms with Gasteiger partial charge in [-0.15, -0.1) is 0 Å². The third-order valence-corrected chi connectivity index (χ3v) is 5.11. The number of rotatable bonds is 2. The Morgan fingerprint density at radius 3 is 2.50 bits per heavy atom. The number of nitrogens with zero attached hydrogens (tertiary/aromatic N) is 4. The Hall–Kier alpha value is -2.10. The van der Waals surface area contributed by atoms with Gasteiger partial charge >= 0.3 is 0 Å². The quantitative estimate of drug-likeness (QED) is 0.827. The maximum Gasteiger partial charge on any atom is 0.232 e. The smallest absolute Gasteiger partial charge is 0.232 e. The number of para-hydroxylation sites is 1. The van der Waals surface area contributed by atoms with Gasteiger partial charge < -0.3 is 9.80 Å². The second-order valence-electron chi connectivity index (χ2n) is 6.95. The summed E-state index contributed by atoms with van der Waals surface area (Å²) in [6.07, 6.45) is 7.53. The van der Waals surface area contributed by atoms with E-state index >= 15 is 0 Å². The van der Waals surface area contributed by atoms with Crippen molar-refractivity contribution in [2.75, 3.05) is 29.4 Å². The summed E-state index contributed by atoms with van der Waals surface area (Å²) in [5, 5.41) is 0. The van der Waals surface area contributed by atoms with Gasteiger partial charge in [0.25, 0.3) is 0 Å². The van der Waals surface area contributed by atoms with Crippen molar-refractivity contribution in [2.45, 2.75) is 45.4 Å². The van der Waals surface area contributed by atoms with Crippen LogP contribution in [0.2, 0.25) is 0 Å². The van der Waals surface area contributed by atoms with E-state index in [9.17, 15) is 0 Å². The van der Waals surface area contributed by atoms with Gasteiger partial charge in [0.05, 0.1) is 0 Å². The Morgan fingerprint density at radius 2 is 1.67 bits per heavy atom. The van der Waals surface area contributed by atoms with Crippen LogP contribution in [0.5, 0.6) is 0 Å². The largest absolute Gasteiger partial charge is 0.356 e. The molecule has 2 aliphatic heterocycles. The first-order chi connectivity index (χ1) is 11.8. The molecule has 24 heavy (non-hydrogen) atoms. The predicted molar refractivity (Wildman–Crippen MR) is 99.2 cm³/mol. The Labute approximate surface area is 144 Å². The van der Waals surface area contributed by atoms with Crippen molar-refractivity contribution >= 4 is 17.5 Å². The second-order valence-corrected chi connectivity index (χ2v) is 6.95. The van der Waals surface area contributed by atoms with Gasteiger partial charge in [0.15, 0.2) is 0 Å². The van der Waals surface area contributed by atoms with Crippen LogP contribution < -0.4 is 9.80 Å². The molecule has 1 aromatic heterocycles. The molecule has 1 aromatic carbocycles. The first kappa shape index (κ1) is 15.4. The molecule has 0 radical (unpaired) electrons. The van der Waals surface area contributed by atoms with Gasteiger partial charge in [-0.3, -0.25) is 0 Å². The summed E-state index contributed by atoms with van der Waals surface area (Å²) in [5.74, 6) is 1.96. The number of aromatic nitrogens is 2. The van der Waals surface area contributed by atoms with Crippen molar-refractivity contribution in [3.05, 3.63) is 41.6 Å². The molecule has 0 bridgehead atoms. The lowest BCUT2D eigenvalue weighted by Gasteiger charge is -2.30. The number of hydrogen-bond acceptors (Lipinski definition) is 4. The standard InChI is InChI=1S/C20H26N4/c1-16-15-19(23-12-6-2-3-7-13-23)22-20(21-16)24-14-8-10-17-9-4-5-11-18(17)24/h4-5,9,11,15H,2-3,6-8,10,12-14H2,1H3. The molecule has 0 N–H and O–H groups in total. The summed E-state index contributed by atoms with van der Waals surface area (Å²) in [6, 6.07) is 10.8. The van der Waals surface area contributed by atoms with Gasteiger partial charge in [-0.1, -0.05) is 31.0 Å². The fourth-order valence-corrected chi connectivity index (χ4v) is 3.86. The molecule has 1 saturated heterocycles. The molecule has 0 amide bonds. The zero-order chi connectivity index (χ0) is 16.4. The molecule has 0 atom stereocenters. The van der Waals surface area contributed by atoms with Gasteiger partial charge in [0.2, 0.25) is 5.95 Å². The average Bonchev–Trinajstić information content (AvgIpc) is 2.90. The summed E-state index contributed by atoms with van der Waals surface area (Å²) < 4.78 is 0. The molecular weight excluding hydrogens is 296 g/mol. The summed E-state index contributed by atoms with van der Waals surface area (Å²) in [5.41, 5.74) is 3.74. The third-order valence-electron chi connectivity index (χ3n) is 5.11. The van der Waals surface area contributed by atoms with Crippen molar-refractivity contribution in [3.63, 3.8) is 0 Å². The lowest BCUT2D eigenvalue weighted by Crippen LogP contribution is -2.29. The van der Waals surface area contributed by atoms with Crippen LogP contribution in [0.4, 0.5) is 17.5 Å². The summed E-state index contributed by atoms with van der Waals surface area (Å²) >= 11 is 0. The number of aryl methyl sites for hydroxylation is 2. The second kappa shape index (κ2) is 6.80. The molecule has 4 rings (SSSR count). The molecule has 126 valence electrons. The molecule has 2 aromatic rings. The predicted octanol–water partition coefficient (Wildman–Crippen LogP) is 4.25. The zero-order valence-electron chi connectivity index (χ0n) is 14.5. The van der Waals surface area contributed by atoms with Crippen LogP contribution in [0.1, 0.15) is 43.4 Å².